The molecule has 2 aromatic heterocycles. The Labute approximate surface area is 170 Å². The van der Waals surface area contributed by atoms with E-state index in [1.807, 2.05) is 13.0 Å². The van der Waals surface area contributed by atoms with E-state index in [9.17, 15) is 18.4 Å². The summed E-state index contributed by atoms with van der Waals surface area (Å²) >= 11 is 0. The maximum absolute atomic E-state index is 13.7. The van der Waals surface area contributed by atoms with Gasteiger partial charge >= 0.3 is 6.18 Å². The van der Waals surface area contributed by atoms with Crippen LogP contribution < -0.4 is 11.1 Å². The highest BCUT2D eigenvalue weighted by molar-refractivity contribution is 5.80. The van der Waals surface area contributed by atoms with Crippen molar-refractivity contribution >= 4 is 22.7 Å². The van der Waals surface area contributed by atoms with Crippen LogP contribution in [0.15, 0.2) is 24.5 Å². The van der Waals surface area contributed by atoms with Gasteiger partial charge in [-0.15, -0.1) is 0 Å². The highest BCUT2D eigenvalue weighted by Gasteiger charge is 2.36. The van der Waals surface area contributed by atoms with Gasteiger partial charge in [-0.2, -0.15) is 18.4 Å². The number of hydrogen-bond acceptors (Lipinski definition) is 6. The molecule has 4 rings (SSSR count). The van der Waals surface area contributed by atoms with E-state index in [4.69, 9.17) is 5.73 Å². The average Bonchev–Trinajstić information content (AvgIpc) is 3.45. The summed E-state index contributed by atoms with van der Waals surface area (Å²) in [5.41, 5.74) is 5.55. The Morgan fingerprint density at radius 3 is 2.73 bits per heavy atom. The third kappa shape index (κ3) is 3.63. The van der Waals surface area contributed by atoms with Gasteiger partial charge in [0.15, 0.2) is 0 Å². The molecule has 1 fully saturated rings. The van der Waals surface area contributed by atoms with Crippen LogP contribution in [0, 0.1) is 17.2 Å². The second-order valence-electron chi connectivity index (χ2n) is 7.39. The summed E-state index contributed by atoms with van der Waals surface area (Å²) in [7, 11) is 0. The molecule has 1 saturated carbocycles. The fourth-order valence-corrected chi connectivity index (χ4v) is 3.57. The van der Waals surface area contributed by atoms with Gasteiger partial charge in [-0.3, -0.25) is 0 Å². The van der Waals surface area contributed by atoms with Crippen molar-refractivity contribution in [1.82, 2.24) is 19.5 Å². The predicted molar refractivity (Wildman–Crippen MR) is 105 cm³/mol. The van der Waals surface area contributed by atoms with Crippen LogP contribution in [-0.2, 0) is 12.7 Å². The van der Waals surface area contributed by atoms with Gasteiger partial charge in [0, 0.05) is 6.54 Å². The summed E-state index contributed by atoms with van der Waals surface area (Å²) in [6.07, 6.45) is -0.760. The number of para-hydroxylation sites is 1. The minimum atomic E-state index is -4.48. The smallest absolute Gasteiger partial charge is 0.382 e. The number of benzene rings is 1. The second kappa shape index (κ2) is 7.48. The summed E-state index contributed by atoms with van der Waals surface area (Å²) in [4.78, 5) is 12.5. The molecule has 0 bridgehead atoms. The molecule has 0 aliphatic heterocycles. The number of nitriles is 1. The minimum Gasteiger partial charge on any atom is -0.382 e. The fraction of sp³-hybridized carbons (Fsp3) is 0.400. The third-order valence-corrected chi connectivity index (χ3v) is 5.26. The zero-order valence-corrected chi connectivity index (χ0v) is 16.2. The van der Waals surface area contributed by atoms with Crippen molar-refractivity contribution in [3.8, 4) is 6.07 Å². The number of anilines is 2. The molecule has 1 aliphatic carbocycles. The molecule has 30 heavy (non-hydrogen) atoms. The minimum absolute atomic E-state index is 0.0377. The number of imidazole rings is 1. The molecule has 3 aromatic rings. The van der Waals surface area contributed by atoms with Crippen molar-refractivity contribution < 1.29 is 13.2 Å². The topological polar surface area (TPSA) is 105 Å². The third-order valence-electron chi connectivity index (χ3n) is 5.26. The lowest BCUT2D eigenvalue weighted by Crippen LogP contribution is -2.19. The molecule has 1 aromatic carbocycles. The maximum Gasteiger partial charge on any atom is 0.418 e. The Balaban J connectivity index is 1.84. The first-order valence-corrected chi connectivity index (χ1v) is 9.66. The molecule has 1 aliphatic rings. The van der Waals surface area contributed by atoms with Gasteiger partial charge < -0.3 is 15.6 Å². The van der Waals surface area contributed by atoms with Crippen molar-refractivity contribution in [1.29, 1.82) is 5.26 Å². The Bertz CT molecular complexity index is 1130. The van der Waals surface area contributed by atoms with Crippen molar-refractivity contribution in [3.05, 3.63) is 41.5 Å². The summed E-state index contributed by atoms with van der Waals surface area (Å²) in [6, 6.07) is 5.56. The summed E-state index contributed by atoms with van der Waals surface area (Å²) in [6.45, 7) is 2.36. The largest absolute Gasteiger partial charge is 0.418 e. The molecule has 1 atom stereocenters. The van der Waals surface area contributed by atoms with Gasteiger partial charge in [-0.25, -0.2) is 15.0 Å². The molecule has 1 unspecified atom stereocenters. The number of halogens is 3. The van der Waals surface area contributed by atoms with Crippen LogP contribution >= 0.6 is 0 Å². The van der Waals surface area contributed by atoms with E-state index >= 15 is 0 Å². The lowest BCUT2D eigenvalue weighted by molar-refractivity contribution is -0.136. The highest BCUT2D eigenvalue weighted by atomic mass is 19.4. The quantitative estimate of drug-likeness (QED) is 0.623. The zero-order valence-electron chi connectivity index (χ0n) is 16.2. The standard InChI is InChI=1S/C20H20F3N7/c1-2-14(28-18-12(8-24)17(25)26-10-27-18)19-29-15-5-3-4-13(20(21,22)23)16(15)30(19)9-11-6-7-11/h3-5,10-11,14H,2,6-7,9H2,1H3,(H3,25,26,27,28). The van der Waals surface area contributed by atoms with E-state index in [0.717, 1.165) is 18.9 Å². The SMILES string of the molecule is CCC(Nc1ncnc(N)c1C#N)c1nc2cccc(C(F)(F)F)c2n1CC1CC1. The summed E-state index contributed by atoms with van der Waals surface area (Å²) in [5, 5.41) is 12.5. The number of aromatic nitrogens is 4. The van der Waals surface area contributed by atoms with Gasteiger partial charge in [0.1, 0.15) is 35.4 Å². The molecule has 156 valence electrons. The first kappa shape index (κ1) is 19.9. The molecular formula is C20H20F3N7. The molecule has 10 heteroatoms. The van der Waals surface area contributed by atoms with E-state index in [1.165, 1.54) is 12.4 Å². The molecular weight excluding hydrogens is 395 g/mol. The zero-order chi connectivity index (χ0) is 21.5. The van der Waals surface area contributed by atoms with Crippen LogP contribution in [0.2, 0.25) is 0 Å². The van der Waals surface area contributed by atoms with Gasteiger partial charge in [0.25, 0.3) is 0 Å². The van der Waals surface area contributed by atoms with Gasteiger partial charge in [0.2, 0.25) is 0 Å². The first-order chi connectivity index (χ1) is 14.3. The predicted octanol–water partition coefficient (Wildman–Crippen LogP) is 4.27. The van der Waals surface area contributed by atoms with Crippen LogP contribution in [0.1, 0.15) is 49.2 Å². The molecule has 0 saturated heterocycles. The van der Waals surface area contributed by atoms with Gasteiger partial charge in [0.05, 0.1) is 22.6 Å². The van der Waals surface area contributed by atoms with Gasteiger partial charge in [-0.05, 0) is 37.3 Å². The van der Waals surface area contributed by atoms with E-state index in [-0.39, 0.29) is 22.7 Å². The number of nitrogens with one attached hydrogen (secondary N) is 1. The van der Waals surface area contributed by atoms with Crippen molar-refractivity contribution in [3.63, 3.8) is 0 Å². The molecule has 0 amide bonds. The van der Waals surface area contributed by atoms with Crippen LogP contribution in [0.3, 0.4) is 0 Å². The molecule has 0 spiro atoms. The Morgan fingerprint density at radius 2 is 2.10 bits per heavy atom. The number of fused-ring (bicyclic) bond motifs is 1. The van der Waals surface area contributed by atoms with Crippen molar-refractivity contribution in [2.45, 2.75) is 44.9 Å². The summed E-state index contributed by atoms with van der Waals surface area (Å²) in [5.74, 6) is 1.09. The van der Waals surface area contributed by atoms with E-state index < -0.39 is 17.8 Å². The lowest BCUT2D eigenvalue weighted by atomic mass is 10.1. The van der Waals surface area contributed by atoms with E-state index in [1.54, 1.807) is 10.6 Å². The van der Waals surface area contributed by atoms with Crippen LogP contribution in [0.4, 0.5) is 24.8 Å². The van der Waals surface area contributed by atoms with Crippen molar-refractivity contribution in [2.24, 2.45) is 5.92 Å². The number of nitrogens with two attached hydrogens (primary N) is 1. The number of nitrogen functional groups attached to an aromatic ring is 1. The van der Waals surface area contributed by atoms with Crippen LogP contribution in [-0.4, -0.2) is 19.5 Å². The Hall–Kier alpha value is -3.35. The Morgan fingerprint density at radius 1 is 1.33 bits per heavy atom. The Kier molecular flexibility index (Phi) is 4.97. The van der Waals surface area contributed by atoms with E-state index in [0.29, 0.717) is 30.2 Å². The highest BCUT2D eigenvalue weighted by Crippen LogP contribution is 2.39. The fourth-order valence-electron chi connectivity index (χ4n) is 3.57. The molecule has 0 radical (unpaired) electrons. The number of rotatable bonds is 6. The average molecular weight is 415 g/mol. The maximum atomic E-state index is 13.7. The normalized spacial score (nSPS) is 15.2. The number of nitrogens with zero attached hydrogens (tertiary/aromatic N) is 5. The van der Waals surface area contributed by atoms with Crippen LogP contribution in [0.5, 0.6) is 0 Å². The first-order valence-electron chi connectivity index (χ1n) is 9.66. The van der Waals surface area contributed by atoms with Crippen LogP contribution in [0.25, 0.3) is 11.0 Å². The molecule has 7 nitrogen and oxygen atoms in total. The van der Waals surface area contributed by atoms with Gasteiger partial charge in [-0.1, -0.05) is 13.0 Å². The molecule has 3 N–H and O–H groups in total. The number of alkyl halides is 3. The molecule has 2 heterocycles. The van der Waals surface area contributed by atoms with Crippen molar-refractivity contribution in [2.75, 3.05) is 11.1 Å². The number of hydrogen-bond donors (Lipinski definition) is 2. The second-order valence-corrected chi connectivity index (χ2v) is 7.39. The summed E-state index contributed by atoms with van der Waals surface area (Å²) < 4.78 is 42.8. The lowest BCUT2D eigenvalue weighted by Gasteiger charge is -2.20. The van der Waals surface area contributed by atoms with E-state index in [2.05, 4.69) is 20.3 Å². The monoisotopic (exact) mass is 415 g/mol.